The lowest BCUT2D eigenvalue weighted by Crippen LogP contribution is -2.30. The number of carbonyl (C=O) groups is 2. The summed E-state index contributed by atoms with van der Waals surface area (Å²) in [7, 11) is 0. The molecule has 0 spiro atoms. The van der Waals surface area contributed by atoms with E-state index in [9.17, 15) is 18.4 Å². The molecule has 0 saturated heterocycles. The fourth-order valence-corrected chi connectivity index (χ4v) is 2.23. The Morgan fingerprint density at radius 2 is 1.54 bits per heavy atom. The number of benzene rings is 2. The average molecular weight is 332 g/mol. The lowest BCUT2D eigenvalue weighted by Gasteiger charge is -2.15. The van der Waals surface area contributed by atoms with E-state index < -0.39 is 29.1 Å². The number of rotatable bonds is 4. The molecule has 126 valence electrons. The molecule has 2 aromatic rings. The zero-order valence-electron chi connectivity index (χ0n) is 13.4. The van der Waals surface area contributed by atoms with Crippen molar-refractivity contribution < 1.29 is 18.4 Å². The van der Waals surface area contributed by atoms with Crippen molar-refractivity contribution in [2.75, 3.05) is 10.6 Å². The maximum absolute atomic E-state index is 13.5. The molecule has 0 heterocycles. The first kappa shape index (κ1) is 17.6. The Hall–Kier alpha value is -2.76. The summed E-state index contributed by atoms with van der Waals surface area (Å²) in [5, 5.41) is 4.45. The minimum atomic E-state index is -1.14. The van der Waals surface area contributed by atoms with E-state index in [4.69, 9.17) is 0 Å². The molecule has 4 nitrogen and oxygen atoms in total. The third-order valence-corrected chi connectivity index (χ3v) is 3.76. The summed E-state index contributed by atoms with van der Waals surface area (Å²) in [4.78, 5) is 23.9. The van der Waals surface area contributed by atoms with Gasteiger partial charge in [0.05, 0.1) is 0 Å². The molecule has 1 unspecified atom stereocenters. The second-order valence-corrected chi connectivity index (χ2v) is 5.40. The summed E-state index contributed by atoms with van der Waals surface area (Å²) in [6.45, 7) is 4.01. The molecule has 0 bridgehead atoms. The largest absolute Gasteiger partial charge is 0.318 e. The van der Waals surface area contributed by atoms with E-state index in [-0.39, 0.29) is 5.92 Å². The quantitative estimate of drug-likeness (QED) is 0.830. The van der Waals surface area contributed by atoms with Gasteiger partial charge in [-0.2, -0.15) is 0 Å². The van der Waals surface area contributed by atoms with E-state index >= 15 is 0 Å². The van der Waals surface area contributed by atoms with Crippen LogP contribution in [0.2, 0.25) is 0 Å². The van der Waals surface area contributed by atoms with Gasteiger partial charge in [-0.1, -0.05) is 38.1 Å². The molecule has 0 saturated carbocycles. The van der Waals surface area contributed by atoms with Crippen LogP contribution in [0, 0.1) is 11.6 Å². The highest BCUT2D eigenvalue weighted by Crippen LogP contribution is 2.26. The van der Waals surface area contributed by atoms with Crippen LogP contribution in [-0.4, -0.2) is 11.8 Å². The fourth-order valence-electron chi connectivity index (χ4n) is 2.23. The third kappa shape index (κ3) is 3.95. The molecular formula is C18H18F2N2O2. The monoisotopic (exact) mass is 332 g/mol. The fraction of sp³-hybridized carbons (Fsp3) is 0.222. The smallest absolute Gasteiger partial charge is 0.314 e. The second-order valence-electron chi connectivity index (χ2n) is 5.40. The van der Waals surface area contributed by atoms with E-state index in [0.717, 1.165) is 24.1 Å². The molecule has 2 N–H and O–H groups in total. The first-order valence-electron chi connectivity index (χ1n) is 7.59. The second kappa shape index (κ2) is 7.68. The first-order valence-corrected chi connectivity index (χ1v) is 7.59. The van der Waals surface area contributed by atoms with Gasteiger partial charge in [0.15, 0.2) is 0 Å². The Bertz CT molecular complexity index is 742. The van der Waals surface area contributed by atoms with Gasteiger partial charge < -0.3 is 10.6 Å². The van der Waals surface area contributed by atoms with Crippen LogP contribution in [0.3, 0.4) is 0 Å². The Labute approximate surface area is 138 Å². The highest BCUT2D eigenvalue weighted by molar-refractivity contribution is 6.43. The number of amides is 2. The minimum absolute atomic E-state index is 0.188. The van der Waals surface area contributed by atoms with Crippen LogP contribution < -0.4 is 10.6 Å². The van der Waals surface area contributed by atoms with Gasteiger partial charge in [0.25, 0.3) is 0 Å². The van der Waals surface area contributed by atoms with E-state index in [2.05, 4.69) is 5.32 Å². The average Bonchev–Trinajstić information content (AvgIpc) is 2.57. The highest BCUT2D eigenvalue weighted by atomic mass is 19.1. The van der Waals surface area contributed by atoms with E-state index in [1.54, 1.807) is 12.1 Å². The van der Waals surface area contributed by atoms with Gasteiger partial charge in [0.1, 0.15) is 17.3 Å². The predicted octanol–water partition coefficient (Wildman–Crippen LogP) is 4.06. The van der Waals surface area contributed by atoms with E-state index in [1.165, 1.54) is 6.07 Å². The zero-order valence-corrected chi connectivity index (χ0v) is 13.4. The number of nitrogens with one attached hydrogen (secondary N) is 2. The Kier molecular flexibility index (Phi) is 5.63. The van der Waals surface area contributed by atoms with Gasteiger partial charge in [-0.3, -0.25) is 9.59 Å². The predicted molar refractivity (Wildman–Crippen MR) is 88.8 cm³/mol. The number of carbonyl (C=O) groups excluding carboxylic acids is 2. The summed E-state index contributed by atoms with van der Waals surface area (Å²) in [6.07, 6.45) is 0.861. The van der Waals surface area contributed by atoms with Crippen LogP contribution >= 0.6 is 0 Å². The van der Waals surface area contributed by atoms with Crippen LogP contribution in [0.5, 0.6) is 0 Å². The molecule has 0 fully saturated rings. The molecule has 1 atom stereocenters. The van der Waals surface area contributed by atoms with Crippen molar-refractivity contribution >= 4 is 23.2 Å². The minimum Gasteiger partial charge on any atom is -0.318 e. The number of hydrogen-bond donors (Lipinski definition) is 2. The summed E-state index contributed by atoms with van der Waals surface area (Å²) < 4.78 is 27.1. The summed E-state index contributed by atoms with van der Waals surface area (Å²) in [6, 6.07) is 10.3. The van der Waals surface area contributed by atoms with Crippen LogP contribution in [0.15, 0.2) is 42.5 Å². The van der Waals surface area contributed by atoms with E-state index in [1.807, 2.05) is 31.3 Å². The lowest BCUT2D eigenvalue weighted by atomic mass is 9.97. The van der Waals surface area contributed by atoms with Crippen molar-refractivity contribution in [2.24, 2.45) is 0 Å². The number of halogens is 2. The highest BCUT2D eigenvalue weighted by Gasteiger charge is 2.20. The molecule has 2 rings (SSSR count). The topological polar surface area (TPSA) is 58.2 Å². The van der Waals surface area contributed by atoms with Gasteiger partial charge in [0.2, 0.25) is 0 Å². The Morgan fingerprint density at radius 3 is 2.17 bits per heavy atom. The van der Waals surface area contributed by atoms with Crippen molar-refractivity contribution in [1.29, 1.82) is 0 Å². The van der Waals surface area contributed by atoms with Crippen LogP contribution in [0.25, 0.3) is 0 Å². The standard InChI is InChI=1S/C18H18F2N2O2/c1-3-11(2)12-7-4-5-10-15(12)21-17(23)18(24)22-16-13(19)8-6-9-14(16)20/h4-11H,3H2,1-2H3,(H,21,23)(H,22,24). The lowest BCUT2D eigenvalue weighted by molar-refractivity contribution is -0.133. The van der Waals surface area contributed by atoms with Crippen molar-refractivity contribution in [3.8, 4) is 0 Å². The normalized spacial score (nSPS) is 11.7. The molecule has 0 aromatic heterocycles. The Balaban J connectivity index is 2.14. The Morgan fingerprint density at radius 1 is 0.958 bits per heavy atom. The van der Waals surface area contributed by atoms with Crippen molar-refractivity contribution in [1.82, 2.24) is 0 Å². The molecule has 2 aromatic carbocycles. The van der Waals surface area contributed by atoms with Crippen molar-refractivity contribution in [3.05, 3.63) is 59.7 Å². The molecule has 0 aliphatic rings. The molecule has 2 amide bonds. The van der Waals surface area contributed by atoms with Crippen LogP contribution in [0.4, 0.5) is 20.2 Å². The van der Waals surface area contributed by atoms with Gasteiger partial charge >= 0.3 is 11.8 Å². The van der Waals surface area contributed by atoms with Gasteiger partial charge in [-0.05, 0) is 36.1 Å². The maximum Gasteiger partial charge on any atom is 0.314 e. The van der Waals surface area contributed by atoms with Crippen LogP contribution in [-0.2, 0) is 9.59 Å². The molecule has 0 aliphatic carbocycles. The zero-order chi connectivity index (χ0) is 17.7. The molecular weight excluding hydrogens is 314 g/mol. The summed E-state index contributed by atoms with van der Waals surface area (Å²) in [5.41, 5.74) is 0.743. The molecule has 24 heavy (non-hydrogen) atoms. The first-order chi connectivity index (χ1) is 11.4. The molecule has 6 heteroatoms. The summed E-state index contributed by atoms with van der Waals surface area (Å²) in [5.74, 6) is -3.84. The summed E-state index contributed by atoms with van der Waals surface area (Å²) >= 11 is 0. The SMILES string of the molecule is CCC(C)c1ccccc1NC(=O)C(=O)Nc1c(F)cccc1F. The number of para-hydroxylation sites is 2. The van der Waals surface area contributed by atoms with Crippen molar-refractivity contribution in [2.45, 2.75) is 26.2 Å². The number of hydrogen-bond acceptors (Lipinski definition) is 2. The third-order valence-electron chi connectivity index (χ3n) is 3.76. The van der Waals surface area contributed by atoms with Crippen LogP contribution in [0.1, 0.15) is 31.7 Å². The van der Waals surface area contributed by atoms with Crippen molar-refractivity contribution in [3.63, 3.8) is 0 Å². The van der Waals surface area contributed by atoms with Gasteiger partial charge in [0, 0.05) is 5.69 Å². The molecule has 0 aliphatic heterocycles. The van der Waals surface area contributed by atoms with E-state index in [0.29, 0.717) is 5.69 Å². The maximum atomic E-state index is 13.5. The number of anilines is 2. The van der Waals surface area contributed by atoms with Gasteiger partial charge in [-0.25, -0.2) is 8.78 Å². The van der Waals surface area contributed by atoms with Gasteiger partial charge in [-0.15, -0.1) is 0 Å². The molecule has 0 radical (unpaired) electrons.